The molecule has 1 N–H and O–H groups in total. The van der Waals surface area contributed by atoms with E-state index < -0.39 is 5.41 Å². The van der Waals surface area contributed by atoms with Crippen LogP contribution in [0.15, 0.2) is 24.3 Å². The van der Waals surface area contributed by atoms with E-state index >= 15 is 0 Å². The molecule has 3 nitrogen and oxygen atoms in total. The Balaban J connectivity index is 0.00000182. The number of carbonyl (C=O) groups is 1. The van der Waals surface area contributed by atoms with Crippen LogP contribution in [-0.4, -0.2) is 37.0 Å². The van der Waals surface area contributed by atoms with Crippen molar-refractivity contribution in [1.82, 2.24) is 10.2 Å². The number of amides is 1. The lowest BCUT2D eigenvalue weighted by molar-refractivity contribution is -0.137. The highest BCUT2D eigenvalue weighted by molar-refractivity contribution is 5.88. The monoisotopic (exact) mass is 366 g/mol. The number of nitrogens with zero attached hydrogens (tertiary/aromatic N) is 1. The zero-order valence-corrected chi connectivity index (χ0v) is 15.5. The van der Waals surface area contributed by atoms with Crippen LogP contribution in [0.2, 0.25) is 0 Å². The molecule has 138 valence electrons. The summed E-state index contributed by atoms with van der Waals surface area (Å²) in [7, 11) is 0. The zero-order chi connectivity index (χ0) is 16.6. The van der Waals surface area contributed by atoms with Gasteiger partial charge < -0.3 is 10.2 Å². The second-order valence-corrected chi connectivity index (χ2v) is 7.85. The number of hydrogen-bond donors (Lipinski definition) is 1. The Morgan fingerprint density at radius 3 is 2.36 bits per heavy atom. The molecule has 0 spiro atoms. The minimum absolute atomic E-state index is 0. The van der Waals surface area contributed by atoms with Gasteiger partial charge in [-0.05, 0) is 68.3 Å². The van der Waals surface area contributed by atoms with E-state index in [1.807, 2.05) is 6.07 Å². The third-order valence-electron chi connectivity index (χ3n) is 6.55. The van der Waals surface area contributed by atoms with Crippen molar-refractivity contribution in [3.05, 3.63) is 35.6 Å². The molecule has 4 rings (SSSR count). The first-order valence-electron chi connectivity index (χ1n) is 9.45. The van der Waals surface area contributed by atoms with Crippen LogP contribution < -0.4 is 5.32 Å². The van der Waals surface area contributed by atoms with Gasteiger partial charge in [0.05, 0.1) is 5.41 Å². The molecule has 25 heavy (non-hydrogen) atoms. The number of hydrogen-bond acceptors (Lipinski definition) is 2. The average Bonchev–Trinajstić information content (AvgIpc) is 3.21. The zero-order valence-electron chi connectivity index (χ0n) is 14.7. The van der Waals surface area contributed by atoms with Crippen LogP contribution in [0.3, 0.4) is 0 Å². The lowest BCUT2D eigenvalue weighted by Crippen LogP contribution is -2.46. The smallest absolute Gasteiger partial charge is 0.233 e. The van der Waals surface area contributed by atoms with Crippen molar-refractivity contribution >= 4 is 18.3 Å². The molecule has 1 amide bonds. The molecule has 3 aliphatic rings. The van der Waals surface area contributed by atoms with Gasteiger partial charge in [-0.3, -0.25) is 4.79 Å². The predicted octanol–water partition coefficient (Wildman–Crippen LogP) is 3.52. The summed E-state index contributed by atoms with van der Waals surface area (Å²) < 4.78 is 13.8. The normalized spacial score (nSPS) is 28.1. The highest BCUT2D eigenvalue weighted by Crippen LogP contribution is 2.43. The summed E-state index contributed by atoms with van der Waals surface area (Å²) >= 11 is 0. The van der Waals surface area contributed by atoms with E-state index in [-0.39, 0.29) is 24.1 Å². The lowest BCUT2D eigenvalue weighted by Gasteiger charge is -2.34. The summed E-state index contributed by atoms with van der Waals surface area (Å²) in [5.41, 5.74) is 0.399. The van der Waals surface area contributed by atoms with Gasteiger partial charge in [-0.25, -0.2) is 4.39 Å². The lowest BCUT2D eigenvalue weighted by atomic mass is 9.77. The third-order valence-corrected chi connectivity index (χ3v) is 6.55. The van der Waals surface area contributed by atoms with Crippen molar-refractivity contribution in [3.63, 3.8) is 0 Å². The number of rotatable bonds is 2. The standard InChI is InChI=1S/C20H27FN2O.ClH/c21-18-5-3-4-17(12-18)20(8-1-2-9-20)19(24)23-10-6-15-13-22-14-16(15)7-11-23;/h3-5,12,15-16,22H,1-2,6-11,13-14H2;1H/t15-,16+;. The van der Waals surface area contributed by atoms with Gasteiger partial charge in [-0.1, -0.05) is 25.0 Å². The van der Waals surface area contributed by atoms with E-state index in [9.17, 15) is 9.18 Å². The Kier molecular flexibility index (Phi) is 5.69. The van der Waals surface area contributed by atoms with Crippen molar-refractivity contribution in [2.75, 3.05) is 26.2 Å². The quantitative estimate of drug-likeness (QED) is 0.868. The molecule has 1 aromatic carbocycles. The van der Waals surface area contributed by atoms with Gasteiger partial charge in [0.15, 0.2) is 0 Å². The summed E-state index contributed by atoms with van der Waals surface area (Å²) in [4.78, 5) is 15.6. The molecule has 0 radical (unpaired) electrons. The molecule has 2 heterocycles. The van der Waals surface area contributed by atoms with Crippen molar-refractivity contribution in [3.8, 4) is 0 Å². The van der Waals surface area contributed by atoms with Crippen LogP contribution in [0, 0.1) is 17.7 Å². The molecular weight excluding hydrogens is 339 g/mol. The number of benzene rings is 1. The van der Waals surface area contributed by atoms with Crippen molar-refractivity contribution < 1.29 is 9.18 Å². The van der Waals surface area contributed by atoms with Crippen LogP contribution in [0.4, 0.5) is 4.39 Å². The van der Waals surface area contributed by atoms with E-state index in [0.29, 0.717) is 0 Å². The van der Waals surface area contributed by atoms with Gasteiger partial charge in [-0.15, -0.1) is 12.4 Å². The van der Waals surface area contributed by atoms with Gasteiger partial charge in [0, 0.05) is 13.1 Å². The van der Waals surface area contributed by atoms with Crippen molar-refractivity contribution in [2.45, 2.75) is 43.9 Å². The summed E-state index contributed by atoms with van der Waals surface area (Å²) in [6, 6.07) is 6.75. The molecule has 3 fully saturated rings. The van der Waals surface area contributed by atoms with E-state index in [0.717, 1.165) is 82.1 Å². The van der Waals surface area contributed by atoms with Crippen LogP contribution in [0.1, 0.15) is 44.1 Å². The van der Waals surface area contributed by atoms with Gasteiger partial charge >= 0.3 is 0 Å². The first kappa shape index (κ1) is 18.7. The Morgan fingerprint density at radius 1 is 1.12 bits per heavy atom. The summed E-state index contributed by atoms with van der Waals surface area (Å²) in [5, 5.41) is 3.49. The first-order chi connectivity index (χ1) is 11.7. The van der Waals surface area contributed by atoms with Crippen LogP contribution in [-0.2, 0) is 10.2 Å². The number of nitrogens with one attached hydrogen (secondary N) is 1. The Labute approximate surface area is 155 Å². The van der Waals surface area contributed by atoms with Crippen LogP contribution in [0.25, 0.3) is 0 Å². The van der Waals surface area contributed by atoms with E-state index in [1.54, 1.807) is 12.1 Å². The number of likely N-dealkylation sites (tertiary alicyclic amines) is 1. The maximum atomic E-state index is 13.8. The highest BCUT2D eigenvalue weighted by atomic mass is 35.5. The summed E-state index contributed by atoms with van der Waals surface area (Å²) in [6.07, 6.45) is 6.04. The fraction of sp³-hybridized carbons (Fsp3) is 0.650. The van der Waals surface area contributed by atoms with E-state index in [4.69, 9.17) is 0 Å². The average molecular weight is 367 g/mol. The number of halogens is 2. The summed E-state index contributed by atoms with van der Waals surface area (Å²) in [5.74, 6) is 1.45. The molecule has 0 unspecified atom stereocenters. The van der Waals surface area contributed by atoms with E-state index in [1.165, 1.54) is 6.07 Å². The molecule has 2 saturated heterocycles. The fourth-order valence-corrected chi connectivity index (χ4v) is 5.11. The highest BCUT2D eigenvalue weighted by Gasteiger charge is 2.45. The molecule has 0 aromatic heterocycles. The van der Waals surface area contributed by atoms with E-state index in [2.05, 4.69) is 10.2 Å². The SMILES string of the molecule is Cl.O=C(N1CC[C@@H]2CNC[C@@H]2CC1)C1(c2cccc(F)c2)CCCC1. The number of fused-ring (bicyclic) bond motifs is 1. The van der Waals surface area contributed by atoms with Gasteiger partial charge in [-0.2, -0.15) is 0 Å². The second kappa shape index (κ2) is 7.63. The first-order valence-corrected chi connectivity index (χ1v) is 9.45. The molecule has 1 aromatic rings. The Hall–Kier alpha value is -1.13. The van der Waals surface area contributed by atoms with Gasteiger partial charge in [0.2, 0.25) is 5.91 Å². The Bertz CT molecular complexity index is 603. The molecule has 2 aliphatic heterocycles. The van der Waals surface area contributed by atoms with Gasteiger partial charge in [0.25, 0.3) is 0 Å². The fourth-order valence-electron chi connectivity index (χ4n) is 5.11. The minimum atomic E-state index is -0.486. The van der Waals surface area contributed by atoms with Crippen molar-refractivity contribution in [2.24, 2.45) is 11.8 Å². The molecule has 2 atom stereocenters. The van der Waals surface area contributed by atoms with Crippen LogP contribution in [0.5, 0.6) is 0 Å². The molecule has 5 heteroatoms. The number of carbonyl (C=O) groups excluding carboxylic acids is 1. The van der Waals surface area contributed by atoms with Crippen molar-refractivity contribution in [1.29, 1.82) is 0 Å². The largest absolute Gasteiger partial charge is 0.342 e. The predicted molar refractivity (Wildman–Crippen MR) is 99.5 cm³/mol. The molecular formula is C20H28ClFN2O. The van der Waals surface area contributed by atoms with Crippen LogP contribution >= 0.6 is 12.4 Å². The summed E-state index contributed by atoms with van der Waals surface area (Å²) in [6.45, 7) is 3.92. The molecule has 1 saturated carbocycles. The second-order valence-electron chi connectivity index (χ2n) is 7.85. The maximum absolute atomic E-state index is 13.8. The van der Waals surface area contributed by atoms with Gasteiger partial charge in [0.1, 0.15) is 5.82 Å². The molecule has 0 bridgehead atoms. The molecule has 1 aliphatic carbocycles. The minimum Gasteiger partial charge on any atom is -0.342 e. The topological polar surface area (TPSA) is 32.3 Å². The Morgan fingerprint density at radius 2 is 1.76 bits per heavy atom. The third kappa shape index (κ3) is 3.43. The maximum Gasteiger partial charge on any atom is 0.233 e.